The van der Waals surface area contributed by atoms with Crippen LogP contribution in [-0.4, -0.2) is 65.8 Å². The van der Waals surface area contributed by atoms with Gasteiger partial charge in [-0.2, -0.15) is 0 Å². The number of likely N-dealkylation sites (tertiary alicyclic amines) is 1. The van der Waals surface area contributed by atoms with Crippen LogP contribution in [-0.2, 0) is 43.9 Å². The molecule has 0 radical (unpaired) electrons. The molecule has 5 rings (SSSR count). The van der Waals surface area contributed by atoms with E-state index in [2.05, 4.69) is 0 Å². The Morgan fingerprint density at radius 1 is 0.973 bits per heavy atom. The molecule has 3 aliphatic heterocycles. The smallest absolute Gasteiger partial charge is 0.349 e. The first-order chi connectivity index (χ1) is 17.6. The largest absolute Gasteiger partial charge is 0.468 e. The van der Waals surface area contributed by atoms with Gasteiger partial charge in [-0.3, -0.25) is 34.2 Å². The van der Waals surface area contributed by atoms with E-state index >= 15 is 0 Å². The highest BCUT2D eigenvalue weighted by atomic mass is 16.6. The number of nitro groups is 1. The number of carbonyl (C=O) groups excluding carboxylic acids is 5. The van der Waals surface area contributed by atoms with E-state index in [1.807, 2.05) is 0 Å². The molecule has 2 bridgehead atoms. The zero-order chi connectivity index (χ0) is 26.7. The van der Waals surface area contributed by atoms with Crippen LogP contribution in [0.1, 0.15) is 5.56 Å². The quantitative estimate of drug-likeness (QED) is 0.176. The highest BCUT2D eigenvalue weighted by Gasteiger charge is 2.86. The normalized spacial score (nSPS) is 27.9. The number of fused-ring (bicyclic) bond motifs is 5. The van der Waals surface area contributed by atoms with Crippen LogP contribution in [0.5, 0.6) is 0 Å². The first-order valence-electron chi connectivity index (χ1n) is 11.0. The molecule has 0 N–H and O–H groups in total. The topological polar surface area (TPSA) is 163 Å². The molecule has 0 spiro atoms. The van der Waals surface area contributed by atoms with Gasteiger partial charge in [-0.25, -0.2) is 9.69 Å². The number of benzene rings is 2. The molecule has 3 amide bonds. The minimum Gasteiger partial charge on any atom is -0.468 e. The second kappa shape index (κ2) is 8.20. The van der Waals surface area contributed by atoms with Crippen LogP contribution in [0, 0.1) is 22.0 Å². The Hall–Kier alpha value is -4.65. The third-order valence-corrected chi connectivity index (χ3v) is 6.96. The van der Waals surface area contributed by atoms with Crippen molar-refractivity contribution in [2.24, 2.45) is 11.8 Å². The van der Waals surface area contributed by atoms with Crippen molar-refractivity contribution >= 4 is 41.0 Å². The number of ether oxygens (including phenoxy) is 3. The maximum Gasteiger partial charge on any atom is 0.349 e. The van der Waals surface area contributed by atoms with E-state index in [0.717, 1.165) is 36.2 Å². The molecule has 2 aromatic carbocycles. The zero-order valence-corrected chi connectivity index (χ0v) is 19.5. The fourth-order valence-corrected chi connectivity index (χ4v) is 5.44. The summed E-state index contributed by atoms with van der Waals surface area (Å²) in [6, 6.07) is 12.6. The summed E-state index contributed by atoms with van der Waals surface area (Å²) in [6.07, 6.45) is 0. The van der Waals surface area contributed by atoms with Gasteiger partial charge in [-0.15, -0.1) is 0 Å². The maximum atomic E-state index is 13.9. The van der Waals surface area contributed by atoms with Crippen molar-refractivity contribution in [3.63, 3.8) is 0 Å². The molecular weight excluding hydrogens is 490 g/mol. The van der Waals surface area contributed by atoms with Crippen molar-refractivity contribution in [1.29, 1.82) is 0 Å². The molecule has 0 saturated carbocycles. The number of hydrogen-bond acceptors (Lipinski definition) is 10. The Bertz CT molecular complexity index is 1360. The third kappa shape index (κ3) is 2.97. The Kier molecular flexibility index (Phi) is 5.33. The minimum absolute atomic E-state index is 0.0460. The molecule has 3 heterocycles. The molecular formula is C24H19N3O10. The summed E-state index contributed by atoms with van der Waals surface area (Å²) in [5, 5.41) is 11.2. The summed E-state index contributed by atoms with van der Waals surface area (Å²) in [5.74, 6) is -7.93. The van der Waals surface area contributed by atoms with Crippen molar-refractivity contribution in [2.75, 3.05) is 25.7 Å². The number of hydrogen-bond donors (Lipinski definition) is 0. The number of carbonyl (C=O) groups is 5. The van der Waals surface area contributed by atoms with Crippen molar-refractivity contribution in [3.05, 3.63) is 70.3 Å². The summed E-state index contributed by atoms with van der Waals surface area (Å²) in [6.45, 7) is -0.735. The third-order valence-electron chi connectivity index (χ3n) is 6.96. The Balaban J connectivity index is 1.77. The summed E-state index contributed by atoms with van der Waals surface area (Å²) < 4.78 is 15.7. The van der Waals surface area contributed by atoms with Crippen LogP contribution in [0.15, 0.2) is 54.6 Å². The Morgan fingerprint density at radius 3 is 2.16 bits per heavy atom. The summed E-state index contributed by atoms with van der Waals surface area (Å²) >= 11 is 0. The molecule has 0 aromatic heterocycles. The number of amides is 3. The second-order valence-corrected chi connectivity index (χ2v) is 8.60. The molecule has 13 heteroatoms. The van der Waals surface area contributed by atoms with Crippen molar-refractivity contribution in [1.82, 2.24) is 4.90 Å². The van der Waals surface area contributed by atoms with Crippen molar-refractivity contribution in [2.45, 2.75) is 11.3 Å². The number of imide groups is 1. The molecule has 190 valence electrons. The number of non-ortho nitro benzene ring substituents is 1. The zero-order valence-electron chi connectivity index (χ0n) is 19.5. The summed E-state index contributed by atoms with van der Waals surface area (Å²) in [5.41, 5.74) is -4.76. The molecule has 3 fully saturated rings. The molecule has 3 saturated heterocycles. The van der Waals surface area contributed by atoms with Crippen LogP contribution in [0.25, 0.3) is 0 Å². The molecule has 0 unspecified atom stereocenters. The van der Waals surface area contributed by atoms with Gasteiger partial charge in [0.1, 0.15) is 18.4 Å². The lowest BCUT2D eigenvalue weighted by Crippen LogP contribution is -2.62. The number of para-hydroxylation sites is 1. The number of nitrogens with zero attached hydrogens (tertiary/aromatic N) is 3. The van der Waals surface area contributed by atoms with Crippen molar-refractivity contribution in [3.8, 4) is 0 Å². The van der Waals surface area contributed by atoms with E-state index in [1.54, 1.807) is 18.2 Å². The predicted octanol–water partition coefficient (Wildman–Crippen LogP) is 0.511. The number of esters is 2. The van der Waals surface area contributed by atoms with Crippen molar-refractivity contribution < 1.29 is 43.1 Å². The van der Waals surface area contributed by atoms with Crippen LogP contribution >= 0.6 is 0 Å². The number of nitro benzene ring substituents is 1. The molecule has 3 aliphatic rings. The minimum atomic E-state index is -2.58. The van der Waals surface area contributed by atoms with Gasteiger partial charge in [0, 0.05) is 17.7 Å². The van der Waals surface area contributed by atoms with Gasteiger partial charge in [-0.1, -0.05) is 18.2 Å². The number of piperidine rings is 1. The van der Waals surface area contributed by atoms with Gasteiger partial charge in [0.05, 0.1) is 24.8 Å². The van der Waals surface area contributed by atoms with Gasteiger partial charge in [0.25, 0.3) is 17.2 Å². The standard InChI is InChI=1S/C24H19N3O10/c1-35-16(28)12-25-21(31)23(22(32)36-2)17-18(20(30)26(19(17)29)14-6-4-3-5-7-14)24(25,37-23)13-8-10-15(11-9-13)27(33)34/h3-11,17-18H,12H2,1-2H3/t17-,18+,23+,24-/m1/s1. The van der Waals surface area contributed by atoms with Gasteiger partial charge >= 0.3 is 11.9 Å². The van der Waals surface area contributed by atoms with E-state index in [9.17, 15) is 34.1 Å². The van der Waals surface area contributed by atoms with Crippen LogP contribution in [0.3, 0.4) is 0 Å². The van der Waals surface area contributed by atoms with E-state index in [4.69, 9.17) is 14.2 Å². The molecule has 2 aromatic rings. The lowest BCUT2D eigenvalue weighted by atomic mass is 9.72. The Morgan fingerprint density at radius 2 is 1.59 bits per heavy atom. The fourth-order valence-electron chi connectivity index (χ4n) is 5.44. The van der Waals surface area contributed by atoms with E-state index in [1.165, 1.54) is 24.3 Å². The van der Waals surface area contributed by atoms with Gasteiger partial charge < -0.3 is 14.2 Å². The van der Waals surface area contributed by atoms with Gasteiger partial charge in [0.2, 0.25) is 11.8 Å². The van der Waals surface area contributed by atoms with E-state index in [-0.39, 0.29) is 16.9 Å². The summed E-state index contributed by atoms with van der Waals surface area (Å²) in [7, 11) is 2.08. The van der Waals surface area contributed by atoms with Gasteiger partial charge in [-0.05, 0) is 24.3 Å². The van der Waals surface area contributed by atoms with Gasteiger partial charge in [0.15, 0.2) is 5.72 Å². The Labute approximate surface area is 208 Å². The average Bonchev–Trinajstić information content (AvgIpc) is 3.47. The average molecular weight is 509 g/mol. The number of rotatable bonds is 6. The van der Waals surface area contributed by atoms with E-state index in [0.29, 0.717) is 0 Å². The van der Waals surface area contributed by atoms with E-state index < -0.39 is 64.3 Å². The lowest BCUT2D eigenvalue weighted by Gasteiger charge is -2.40. The first-order valence-corrected chi connectivity index (χ1v) is 11.0. The maximum absolute atomic E-state index is 13.9. The molecule has 0 aliphatic carbocycles. The molecule has 37 heavy (non-hydrogen) atoms. The first kappa shape index (κ1) is 24.1. The number of anilines is 1. The monoisotopic (exact) mass is 509 g/mol. The highest BCUT2D eigenvalue weighted by Crippen LogP contribution is 2.64. The SMILES string of the molecule is COC(=O)CN1C(=O)[C@@]2(C(=O)OC)O[C@]1(c1ccc([N+](=O)[O-])cc1)[C@@H]1C(=O)N(c3ccccc3)C(=O)[C@@H]12. The second-order valence-electron chi connectivity index (χ2n) is 8.60. The lowest BCUT2D eigenvalue weighted by molar-refractivity contribution is -0.384. The van der Waals surface area contributed by atoms with Crippen LogP contribution < -0.4 is 4.90 Å². The number of methoxy groups -OCH3 is 2. The fraction of sp³-hybridized carbons (Fsp3) is 0.292. The molecule has 13 nitrogen and oxygen atoms in total. The van der Waals surface area contributed by atoms with Crippen LogP contribution in [0.2, 0.25) is 0 Å². The van der Waals surface area contributed by atoms with Crippen LogP contribution in [0.4, 0.5) is 11.4 Å². The highest BCUT2D eigenvalue weighted by molar-refractivity contribution is 6.28. The predicted molar refractivity (Wildman–Crippen MR) is 120 cm³/mol. The summed E-state index contributed by atoms with van der Waals surface area (Å²) in [4.78, 5) is 79.3. The molecule has 4 atom stereocenters.